The van der Waals surface area contributed by atoms with E-state index >= 15 is 0 Å². The first-order chi connectivity index (χ1) is 14.3. The molecular formula is C22H21ClN2O4S. The molecule has 1 heterocycles. The lowest BCUT2D eigenvalue weighted by Gasteiger charge is -2.22. The van der Waals surface area contributed by atoms with Crippen LogP contribution < -0.4 is 14.4 Å². The number of aromatic nitrogens is 1. The number of aryl methyl sites for hydroxylation is 2. The van der Waals surface area contributed by atoms with Gasteiger partial charge in [-0.15, -0.1) is 11.3 Å². The highest BCUT2D eigenvalue weighted by Crippen LogP contribution is 2.37. The normalized spacial score (nSPS) is 10.6. The molecule has 3 rings (SSSR count). The van der Waals surface area contributed by atoms with Gasteiger partial charge in [0.2, 0.25) is 5.91 Å². The Hall–Kier alpha value is -2.90. The van der Waals surface area contributed by atoms with Gasteiger partial charge in [-0.05, 0) is 49.2 Å². The largest absolute Gasteiger partial charge is 0.493 e. The minimum Gasteiger partial charge on any atom is -0.493 e. The van der Waals surface area contributed by atoms with Crippen molar-refractivity contribution in [2.24, 2.45) is 0 Å². The van der Waals surface area contributed by atoms with Crippen LogP contribution in [0.5, 0.6) is 11.5 Å². The van der Waals surface area contributed by atoms with Crippen LogP contribution >= 0.6 is 22.9 Å². The van der Waals surface area contributed by atoms with Crippen LogP contribution in [-0.2, 0) is 11.4 Å². The first-order valence-corrected chi connectivity index (χ1v) is 10.4. The number of aldehydes is 1. The number of halogens is 1. The molecular weight excluding hydrogens is 424 g/mol. The zero-order chi connectivity index (χ0) is 21.8. The van der Waals surface area contributed by atoms with Gasteiger partial charge in [-0.2, -0.15) is 0 Å². The monoisotopic (exact) mass is 444 g/mol. The number of ether oxygens (including phenoxy) is 2. The van der Waals surface area contributed by atoms with Crippen molar-refractivity contribution < 1.29 is 19.1 Å². The number of nitrogens with zero attached hydrogens (tertiary/aromatic N) is 2. The minimum absolute atomic E-state index is 0.180. The van der Waals surface area contributed by atoms with Crippen molar-refractivity contribution in [2.75, 3.05) is 12.0 Å². The van der Waals surface area contributed by atoms with E-state index in [0.29, 0.717) is 38.6 Å². The van der Waals surface area contributed by atoms with Crippen LogP contribution in [-0.4, -0.2) is 24.3 Å². The fraction of sp³-hybridized carbons (Fsp3) is 0.227. The van der Waals surface area contributed by atoms with Crippen LogP contribution in [0.3, 0.4) is 0 Å². The van der Waals surface area contributed by atoms with E-state index < -0.39 is 0 Å². The van der Waals surface area contributed by atoms with Gasteiger partial charge in [0.25, 0.3) is 0 Å². The lowest BCUT2D eigenvalue weighted by atomic mass is 10.1. The lowest BCUT2D eigenvalue weighted by Crippen LogP contribution is -2.24. The Bertz CT molecular complexity index is 1070. The van der Waals surface area contributed by atoms with Crippen molar-refractivity contribution in [3.8, 4) is 11.5 Å². The van der Waals surface area contributed by atoms with Gasteiger partial charge in [0.15, 0.2) is 16.6 Å². The fourth-order valence-electron chi connectivity index (χ4n) is 3.07. The Kier molecular flexibility index (Phi) is 6.74. The number of thiazole rings is 1. The molecule has 2 aromatic carbocycles. The maximum absolute atomic E-state index is 12.4. The Labute approximate surface area is 184 Å². The molecule has 6 nitrogen and oxygen atoms in total. The third-order valence-electron chi connectivity index (χ3n) is 4.37. The highest BCUT2D eigenvalue weighted by Gasteiger charge is 2.23. The van der Waals surface area contributed by atoms with Crippen molar-refractivity contribution in [1.29, 1.82) is 0 Å². The van der Waals surface area contributed by atoms with E-state index in [2.05, 4.69) is 4.98 Å². The predicted octanol–water partition coefficient (Wildman–Crippen LogP) is 5.50. The van der Waals surface area contributed by atoms with E-state index in [4.69, 9.17) is 21.1 Å². The molecule has 1 amide bonds. The first kappa shape index (κ1) is 21.8. The molecule has 0 N–H and O–H groups in total. The Morgan fingerprint density at radius 3 is 2.63 bits per heavy atom. The van der Waals surface area contributed by atoms with Gasteiger partial charge >= 0.3 is 0 Å². The lowest BCUT2D eigenvalue weighted by molar-refractivity contribution is -0.115. The van der Waals surface area contributed by atoms with Crippen molar-refractivity contribution in [3.05, 3.63) is 63.1 Å². The number of benzene rings is 2. The predicted molar refractivity (Wildman–Crippen MR) is 119 cm³/mol. The van der Waals surface area contributed by atoms with E-state index in [9.17, 15) is 9.59 Å². The topological polar surface area (TPSA) is 68.7 Å². The average molecular weight is 445 g/mol. The molecule has 0 saturated heterocycles. The number of methoxy groups -OCH3 is 1. The number of carbonyl (C=O) groups is 2. The van der Waals surface area contributed by atoms with E-state index in [1.165, 1.54) is 30.3 Å². The average Bonchev–Trinajstić information content (AvgIpc) is 3.16. The van der Waals surface area contributed by atoms with Crippen LogP contribution in [0.2, 0.25) is 5.02 Å². The molecule has 0 fully saturated rings. The summed E-state index contributed by atoms with van der Waals surface area (Å²) in [6.07, 6.45) is 0.744. The van der Waals surface area contributed by atoms with Crippen molar-refractivity contribution in [1.82, 2.24) is 4.98 Å². The van der Waals surface area contributed by atoms with Crippen LogP contribution in [0.4, 0.5) is 10.8 Å². The smallest absolute Gasteiger partial charge is 0.230 e. The maximum Gasteiger partial charge on any atom is 0.230 e. The van der Waals surface area contributed by atoms with Gasteiger partial charge in [0.05, 0.1) is 23.5 Å². The number of rotatable bonds is 7. The number of amides is 1. The van der Waals surface area contributed by atoms with E-state index in [1.807, 2.05) is 31.4 Å². The Morgan fingerprint density at radius 2 is 2.00 bits per heavy atom. The standard InChI is InChI=1S/C22H21ClN2O4S/c1-13-7-14(2)21(18(23)8-13)25(15(3)27)22-24-17(12-30-22)11-29-19-6-5-16(10-26)9-20(19)28-4/h5-10,12H,11H2,1-4H3. The molecule has 0 bridgehead atoms. The van der Waals surface area contributed by atoms with Gasteiger partial charge in [0, 0.05) is 17.9 Å². The molecule has 0 saturated carbocycles. The van der Waals surface area contributed by atoms with Crippen molar-refractivity contribution in [3.63, 3.8) is 0 Å². The summed E-state index contributed by atoms with van der Waals surface area (Å²) < 4.78 is 11.1. The fourth-order valence-corrected chi connectivity index (χ4v) is 4.34. The molecule has 156 valence electrons. The van der Waals surface area contributed by atoms with Gasteiger partial charge in [-0.3, -0.25) is 14.5 Å². The second kappa shape index (κ2) is 9.28. The number of anilines is 2. The molecule has 0 radical (unpaired) electrons. The van der Waals surface area contributed by atoms with E-state index in [-0.39, 0.29) is 12.5 Å². The van der Waals surface area contributed by atoms with E-state index in [0.717, 1.165) is 17.4 Å². The summed E-state index contributed by atoms with van der Waals surface area (Å²) in [7, 11) is 1.51. The van der Waals surface area contributed by atoms with Crippen LogP contribution in [0, 0.1) is 13.8 Å². The van der Waals surface area contributed by atoms with Crippen LogP contribution in [0.25, 0.3) is 0 Å². The molecule has 3 aromatic rings. The molecule has 0 spiro atoms. The van der Waals surface area contributed by atoms with Crippen LogP contribution in [0.1, 0.15) is 34.1 Å². The molecule has 0 aliphatic rings. The maximum atomic E-state index is 12.4. The van der Waals surface area contributed by atoms with Crippen molar-refractivity contribution in [2.45, 2.75) is 27.4 Å². The molecule has 0 aliphatic heterocycles. The van der Waals surface area contributed by atoms with E-state index in [1.54, 1.807) is 18.2 Å². The Balaban J connectivity index is 1.84. The van der Waals surface area contributed by atoms with Crippen LogP contribution in [0.15, 0.2) is 35.7 Å². The molecule has 8 heteroatoms. The second-order valence-corrected chi connectivity index (χ2v) is 7.95. The number of hydrogen-bond donors (Lipinski definition) is 0. The highest BCUT2D eigenvalue weighted by atomic mass is 35.5. The zero-order valence-electron chi connectivity index (χ0n) is 17.1. The molecule has 0 atom stereocenters. The third-order valence-corrected chi connectivity index (χ3v) is 5.53. The SMILES string of the molecule is COc1cc(C=O)ccc1OCc1csc(N(C(C)=O)c2c(C)cc(C)cc2Cl)n1. The van der Waals surface area contributed by atoms with Crippen molar-refractivity contribution >= 4 is 46.0 Å². The summed E-state index contributed by atoms with van der Waals surface area (Å²) in [6, 6.07) is 8.73. The summed E-state index contributed by atoms with van der Waals surface area (Å²) in [5.41, 5.74) is 3.69. The number of hydrogen-bond acceptors (Lipinski definition) is 6. The summed E-state index contributed by atoms with van der Waals surface area (Å²) in [4.78, 5) is 29.4. The first-order valence-electron chi connectivity index (χ1n) is 9.12. The van der Waals surface area contributed by atoms with Gasteiger partial charge in [-0.25, -0.2) is 4.98 Å². The molecule has 30 heavy (non-hydrogen) atoms. The molecule has 0 unspecified atom stereocenters. The third kappa shape index (κ3) is 4.63. The van der Waals surface area contributed by atoms with Gasteiger partial charge in [-0.1, -0.05) is 17.7 Å². The summed E-state index contributed by atoms with van der Waals surface area (Å²) in [5.74, 6) is 0.776. The minimum atomic E-state index is -0.184. The summed E-state index contributed by atoms with van der Waals surface area (Å²) in [6.45, 7) is 5.53. The Morgan fingerprint density at radius 1 is 1.23 bits per heavy atom. The highest BCUT2D eigenvalue weighted by molar-refractivity contribution is 7.14. The molecule has 0 aliphatic carbocycles. The second-order valence-electron chi connectivity index (χ2n) is 6.70. The molecule has 1 aromatic heterocycles. The van der Waals surface area contributed by atoms with Gasteiger partial charge < -0.3 is 9.47 Å². The number of carbonyl (C=O) groups excluding carboxylic acids is 2. The summed E-state index contributed by atoms with van der Waals surface area (Å²) >= 11 is 7.78. The quantitative estimate of drug-likeness (QED) is 0.450. The van der Waals surface area contributed by atoms with Gasteiger partial charge in [0.1, 0.15) is 12.9 Å². The summed E-state index contributed by atoms with van der Waals surface area (Å²) in [5, 5.41) is 2.84. The zero-order valence-corrected chi connectivity index (χ0v) is 18.6.